The number of hydrogen-bond acceptors (Lipinski definition) is 22. The van der Waals surface area contributed by atoms with Crippen LogP contribution in [0, 0.1) is 0 Å². The first-order valence-electron chi connectivity index (χ1n) is 24.2. The Morgan fingerprint density at radius 3 is 1.66 bits per heavy atom. The third kappa shape index (κ3) is 20.7. The smallest absolute Gasteiger partial charge is 0.331 e. The molecule has 0 radical (unpaired) electrons. The van der Waals surface area contributed by atoms with E-state index in [1.54, 1.807) is 47.8 Å². The van der Waals surface area contributed by atoms with E-state index < -0.39 is 82.4 Å². The fraction of sp³-hybridized carbons (Fsp3) is 0.556. The molecule has 31 heteroatoms. The third-order valence-corrected chi connectivity index (χ3v) is 17.9. The number of ether oxygens (including phenoxy) is 5. The van der Waals surface area contributed by atoms with Gasteiger partial charge in [0, 0.05) is 31.3 Å². The molecule has 6 unspecified atom stereocenters. The fourth-order valence-corrected chi connectivity index (χ4v) is 13.2. The van der Waals surface area contributed by atoms with Gasteiger partial charge >= 0.3 is 207 Å². The standard InChI is InChI=1S/C19H25N2O7PSe.C13H22N3O6P.C8H8N2O3.C5H13O4P/c1-3-26-29(24,27-4-2)13-25-18-15(30-14-8-6-5-7-9-14)12-17(28-18)21-11-10-16(22)20-19(21)23;1-3-20-23(18,21-4-2)9-19-12-6-5-11(22-12)16-8-7-10(14)15-13(16)17;11-6-3-4-10(8(12)9-6)7-2-1-5-13-7;1-3-8-10(7,5-6)9-4-2/h5-11,15,17-18H,3-4,12-13H2,1-2H3,(H,20,22,23);7-8,11-12H,3-6,9H2,1-2H3,(H2,14,15,17);1,3-5,7H,2H2,(H,9,11,12);6H,3-5H2,1-2H3. The predicted octanol–water partition coefficient (Wildman–Crippen LogP) is 4.71. The van der Waals surface area contributed by atoms with Crippen molar-refractivity contribution in [2.75, 3.05) is 64.4 Å². The van der Waals surface area contributed by atoms with Crippen LogP contribution in [-0.4, -0.2) is 120 Å². The van der Waals surface area contributed by atoms with Gasteiger partial charge in [-0.05, 0) is 46.3 Å². The van der Waals surface area contributed by atoms with Gasteiger partial charge in [0.15, 0.2) is 18.9 Å². The second kappa shape index (κ2) is 32.5. The first-order valence-corrected chi connectivity index (χ1v) is 31.2. The molecule has 0 aliphatic carbocycles. The second-order valence-corrected chi connectivity index (χ2v) is 24.4. The van der Waals surface area contributed by atoms with Crippen molar-refractivity contribution in [2.45, 2.75) is 103 Å². The average Bonchev–Trinajstić information content (AvgIpc) is 4.18. The number of aromatic nitrogens is 6. The van der Waals surface area contributed by atoms with Crippen molar-refractivity contribution < 1.29 is 69.6 Å². The van der Waals surface area contributed by atoms with E-state index in [0.29, 0.717) is 25.7 Å². The molecule has 7 rings (SSSR count). The van der Waals surface area contributed by atoms with E-state index in [1.165, 1.54) is 50.5 Å². The molecule has 3 aliphatic rings. The third-order valence-electron chi connectivity index (χ3n) is 10.1. The van der Waals surface area contributed by atoms with Gasteiger partial charge in [0.05, 0.1) is 32.7 Å². The van der Waals surface area contributed by atoms with Crippen molar-refractivity contribution in [1.29, 1.82) is 0 Å². The summed E-state index contributed by atoms with van der Waals surface area (Å²) in [5.74, 6) is 0.159. The van der Waals surface area contributed by atoms with Crippen LogP contribution in [0.5, 0.6) is 0 Å². The van der Waals surface area contributed by atoms with Crippen LogP contribution < -0.4 is 38.4 Å². The van der Waals surface area contributed by atoms with Crippen LogP contribution in [-0.2, 0) is 64.5 Å². The van der Waals surface area contributed by atoms with E-state index in [-0.39, 0.29) is 84.2 Å². The summed E-state index contributed by atoms with van der Waals surface area (Å²) in [6.45, 7) is 11.9. The number of anilines is 1. The molecular formula is C45H68N7O20P3Se. The number of hydrogen-bond donors (Lipinski definition) is 4. The molecule has 6 heterocycles. The zero-order valence-corrected chi connectivity index (χ0v) is 47.4. The Balaban J connectivity index is 0.000000238. The SMILES string of the molecule is CCOP(=O)(CO)OCC.CCOP(=O)(COC1CCC(n2ccc(N)nc2=O)O1)OCC.CCOP(=O)(COC1OC(n2ccc(=O)[nH]c2=O)CC1[Se]c1ccccc1)OCC.O=c1ccn(C2CC=CO2)c(=O)[nH]1. The zero-order valence-electron chi connectivity index (χ0n) is 43.0. The molecular weight excluding hydrogens is 1130 g/mol. The molecule has 4 aromatic rings. The quantitative estimate of drug-likeness (QED) is 0.0545. The largest absolute Gasteiger partial charge is 0.478 e. The second-order valence-electron chi connectivity index (χ2n) is 15.6. The van der Waals surface area contributed by atoms with Crippen LogP contribution >= 0.6 is 22.8 Å². The Bertz CT molecular complexity index is 2830. The van der Waals surface area contributed by atoms with Gasteiger partial charge in [-0.3, -0.25) is 28.0 Å². The summed E-state index contributed by atoms with van der Waals surface area (Å²) in [7, 11) is -9.82. The maximum atomic E-state index is 12.8. The minimum absolute atomic E-state index is 0.0201. The Hall–Kier alpha value is -4.43. The number of aromatic amines is 2. The molecule has 2 saturated heterocycles. The van der Waals surface area contributed by atoms with Crippen molar-refractivity contribution >= 4 is 48.0 Å². The summed E-state index contributed by atoms with van der Waals surface area (Å²) in [5, 5.41) is 8.53. The van der Waals surface area contributed by atoms with E-state index in [4.69, 9.17) is 61.7 Å². The molecule has 5 N–H and O–H groups in total. The Labute approximate surface area is 444 Å². The summed E-state index contributed by atoms with van der Waals surface area (Å²) < 4.78 is 99.8. The number of benzene rings is 1. The summed E-state index contributed by atoms with van der Waals surface area (Å²) in [4.78, 5) is 65.3. The van der Waals surface area contributed by atoms with E-state index >= 15 is 0 Å². The number of nitrogens with zero attached hydrogens (tertiary/aromatic N) is 4. The predicted molar refractivity (Wildman–Crippen MR) is 278 cm³/mol. The molecule has 1 aromatic carbocycles. The fourth-order valence-electron chi connectivity index (χ4n) is 7.00. The van der Waals surface area contributed by atoms with Crippen LogP contribution in [0.4, 0.5) is 5.82 Å². The van der Waals surface area contributed by atoms with Crippen molar-refractivity contribution in [3.05, 3.63) is 132 Å². The van der Waals surface area contributed by atoms with Gasteiger partial charge < -0.3 is 43.1 Å². The Morgan fingerprint density at radius 2 is 1.17 bits per heavy atom. The van der Waals surface area contributed by atoms with Crippen LogP contribution in [0.25, 0.3) is 0 Å². The summed E-state index contributed by atoms with van der Waals surface area (Å²) >= 11 is -0.0201. The summed E-state index contributed by atoms with van der Waals surface area (Å²) in [6, 6.07) is 14.0. The Morgan fingerprint density at radius 1 is 0.658 bits per heavy atom. The first kappa shape index (κ1) is 64.1. The number of nitrogens with two attached hydrogens (primary N) is 1. The molecule has 2 fully saturated rings. The Kier molecular flexibility index (Phi) is 27.4. The van der Waals surface area contributed by atoms with Crippen molar-refractivity contribution in [3.8, 4) is 0 Å². The average molecular weight is 1200 g/mol. The molecule has 27 nitrogen and oxygen atoms in total. The maximum Gasteiger partial charge on any atom is 0.331 e. The number of H-pyrrole nitrogens is 2. The van der Waals surface area contributed by atoms with Crippen LogP contribution in [0.15, 0.2) is 103 Å². The van der Waals surface area contributed by atoms with Gasteiger partial charge in [-0.15, -0.1) is 0 Å². The molecule has 0 amide bonds. The van der Waals surface area contributed by atoms with Gasteiger partial charge in [0.2, 0.25) is 0 Å². The van der Waals surface area contributed by atoms with Gasteiger partial charge in [-0.2, -0.15) is 4.98 Å². The van der Waals surface area contributed by atoms with Gasteiger partial charge in [-0.25, -0.2) is 9.59 Å². The topological polar surface area (TPSA) is 344 Å². The molecule has 76 heavy (non-hydrogen) atoms. The molecule has 0 spiro atoms. The van der Waals surface area contributed by atoms with Crippen LogP contribution in [0.2, 0.25) is 4.82 Å². The van der Waals surface area contributed by atoms with Crippen molar-refractivity contribution in [3.63, 3.8) is 0 Å². The minimum Gasteiger partial charge on any atom is -0.478 e. The molecule has 0 bridgehead atoms. The number of nitrogens with one attached hydrogen (secondary N) is 2. The molecule has 6 atom stereocenters. The van der Waals surface area contributed by atoms with Crippen LogP contribution in [0.3, 0.4) is 0 Å². The van der Waals surface area contributed by atoms with E-state index in [1.807, 2.05) is 36.4 Å². The summed E-state index contributed by atoms with van der Waals surface area (Å²) in [6.07, 6.45) is 6.36. The van der Waals surface area contributed by atoms with Crippen molar-refractivity contribution in [1.82, 2.24) is 28.7 Å². The number of aliphatic hydroxyl groups is 1. The normalized spacial score (nSPS) is 20.1. The van der Waals surface area contributed by atoms with Gasteiger partial charge in [-0.1, -0.05) is 0 Å². The van der Waals surface area contributed by atoms with Gasteiger partial charge in [0.1, 0.15) is 18.4 Å². The van der Waals surface area contributed by atoms with Crippen LogP contribution in [0.1, 0.15) is 85.9 Å². The number of nitrogen functional groups attached to an aromatic ring is 1. The van der Waals surface area contributed by atoms with Crippen molar-refractivity contribution in [2.24, 2.45) is 0 Å². The molecule has 3 aromatic heterocycles. The first-order chi connectivity index (χ1) is 36.4. The molecule has 424 valence electrons. The zero-order chi connectivity index (χ0) is 55.7. The molecule has 3 aliphatic heterocycles. The minimum atomic E-state index is -3.40. The van der Waals surface area contributed by atoms with E-state index in [9.17, 15) is 37.7 Å². The van der Waals surface area contributed by atoms with E-state index in [2.05, 4.69) is 15.0 Å². The monoisotopic (exact) mass is 1200 g/mol. The number of rotatable bonds is 24. The van der Waals surface area contributed by atoms with E-state index in [0.717, 1.165) is 4.46 Å². The molecule has 0 saturated carbocycles. The number of aliphatic hydroxyl groups excluding tert-OH is 1. The summed E-state index contributed by atoms with van der Waals surface area (Å²) in [5.41, 5.74) is 3.12. The van der Waals surface area contributed by atoms with Gasteiger partial charge in [0.25, 0.3) is 5.56 Å². The maximum absolute atomic E-state index is 12.8.